The number of hydrogen-bond acceptors (Lipinski definition) is 3. The Morgan fingerprint density at radius 2 is 1.52 bits per heavy atom. The van der Waals surface area contributed by atoms with Gasteiger partial charge in [0.05, 0.1) is 11.7 Å². The minimum absolute atomic E-state index is 0.0574. The number of piperidine rings is 2. The summed E-state index contributed by atoms with van der Waals surface area (Å²) in [5, 5.41) is 0. The van der Waals surface area contributed by atoms with Crippen molar-refractivity contribution >= 4 is 11.8 Å². The third-order valence-electron chi connectivity index (χ3n) is 6.68. The molecule has 0 spiro atoms. The van der Waals surface area contributed by atoms with Gasteiger partial charge in [0.25, 0.3) is 0 Å². The first-order chi connectivity index (χ1) is 13.2. The SMILES string of the molecule is O=C(C1CCCC1)N1CCC(C(=O)N2CCCC[C@H]2c2ccccn2)CC1. The van der Waals surface area contributed by atoms with Crippen molar-refractivity contribution < 1.29 is 9.59 Å². The number of nitrogens with zero attached hydrogens (tertiary/aromatic N) is 3. The van der Waals surface area contributed by atoms with Gasteiger partial charge < -0.3 is 9.80 Å². The van der Waals surface area contributed by atoms with E-state index in [1.54, 1.807) is 0 Å². The molecule has 0 radical (unpaired) electrons. The largest absolute Gasteiger partial charge is 0.342 e. The Morgan fingerprint density at radius 1 is 0.815 bits per heavy atom. The first-order valence-electron chi connectivity index (χ1n) is 10.7. The number of pyridine rings is 1. The van der Waals surface area contributed by atoms with Crippen molar-refractivity contribution in [1.82, 2.24) is 14.8 Å². The topological polar surface area (TPSA) is 53.5 Å². The first kappa shape index (κ1) is 18.5. The molecule has 1 aliphatic carbocycles. The second-order valence-corrected chi connectivity index (χ2v) is 8.38. The molecule has 3 heterocycles. The van der Waals surface area contributed by atoms with Crippen LogP contribution in [0.1, 0.15) is 69.5 Å². The highest BCUT2D eigenvalue weighted by atomic mass is 16.2. The first-order valence-corrected chi connectivity index (χ1v) is 10.7. The molecule has 2 amide bonds. The summed E-state index contributed by atoms with van der Waals surface area (Å²) in [6.07, 6.45) is 11.2. The zero-order chi connectivity index (χ0) is 18.6. The molecule has 4 rings (SSSR count). The van der Waals surface area contributed by atoms with E-state index in [4.69, 9.17) is 0 Å². The average molecular weight is 370 g/mol. The maximum atomic E-state index is 13.3. The van der Waals surface area contributed by atoms with Crippen LogP contribution >= 0.6 is 0 Å². The van der Waals surface area contributed by atoms with Crippen LogP contribution in [0.15, 0.2) is 24.4 Å². The summed E-state index contributed by atoms with van der Waals surface area (Å²) in [4.78, 5) is 34.5. The van der Waals surface area contributed by atoms with Crippen molar-refractivity contribution in [2.45, 2.75) is 63.8 Å². The fourth-order valence-electron chi connectivity index (χ4n) is 5.09. The van der Waals surface area contributed by atoms with E-state index in [9.17, 15) is 9.59 Å². The van der Waals surface area contributed by atoms with Gasteiger partial charge in [-0.3, -0.25) is 14.6 Å². The van der Waals surface area contributed by atoms with Crippen molar-refractivity contribution in [2.24, 2.45) is 11.8 Å². The standard InChI is InChI=1S/C22H31N3O2/c26-21(17-7-1-2-8-17)24-15-11-18(12-16-24)22(27)25-14-6-4-10-20(25)19-9-3-5-13-23-19/h3,5,9,13,17-18,20H,1-2,4,6-8,10-12,14-16H2/t20-/m0/s1. The average Bonchev–Trinajstić information content (AvgIpc) is 3.28. The second-order valence-electron chi connectivity index (χ2n) is 8.38. The summed E-state index contributed by atoms with van der Waals surface area (Å²) in [5.74, 6) is 0.913. The van der Waals surface area contributed by atoms with Gasteiger partial charge in [0.2, 0.25) is 11.8 Å². The van der Waals surface area contributed by atoms with Gasteiger partial charge in [0.1, 0.15) is 0 Å². The van der Waals surface area contributed by atoms with Crippen molar-refractivity contribution in [2.75, 3.05) is 19.6 Å². The van der Waals surface area contributed by atoms with E-state index in [-0.39, 0.29) is 23.8 Å². The van der Waals surface area contributed by atoms with E-state index in [1.807, 2.05) is 29.3 Å². The van der Waals surface area contributed by atoms with Gasteiger partial charge in [0.15, 0.2) is 0 Å². The Bertz CT molecular complexity index is 649. The lowest BCUT2D eigenvalue weighted by Gasteiger charge is -2.40. The summed E-state index contributed by atoms with van der Waals surface area (Å²) >= 11 is 0. The molecule has 1 aromatic rings. The zero-order valence-electron chi connectivity index (χ0n) is 16.2. The summed E-state index contributed by atoms with van der Waals surface area (Å²) in [5.41, 5.74) is 1.01. The highest BCUT2D eigenvalue weighted by molar-refractivity contribution is 5.81. The molecule has 0 aromatic carbocycles. The number of likely N-dealkylation sites (tertiary alicyclic amines) is 2. The van der Waals surface area contributed by atoms with Crippen LogP contribution in [-0.4, -0.2) is 46.2 Å². The van der Waals surface area contributed by atoms with Crippen LogP contribution in [0, 0.1) is 11.8 Å². The molecular weight excluding hydrogens is 338 g/mol. The lowest BCUT2D eigenvalue weighted by Crippen LogP contribution is -2.47. The maximum Gasteiger partial charge on any atom is 0.226 e. The van der Waals surface area contributed by atoms with Crippen LogP contribution in [0.2, 0.25) is 0 Å². The predicted molar refractivity (Wildman–Crippen MR) is 104 cm³/mol. The Balaban J connectivity index is 1.37. The van der Waals surface area contributed by atoms with E-state index < -0.39 is 0 Å². The molecule has 1 atom stereocenters. The molecule has 1 aromatic heterocycles. The molecule has 3 aliphatic rings. The quantitative estimate of drug-likeness (QED) is 0.818. The lowest BCUT2D eigenvalue weighted by molar-refractivity contribution is -0.145. The van der Waals surface area contributed by atoms with Crippen LogP contribution in [0.3, 0.4) is 0 Å². The highest BCUT2D eigenvalue weighted by Gasteiger charge is 2.36. The summed E-state index contributed by atoms with van der Waals surface area (Å²) in [6.45, 7) is 2.32. The van der Waals surface area contributed by atoms with E-state index >= 15 is 0 Å². The third kappa shape index (κ3) is 4.02. The van der Waals surface area contributed by atoms with Gasteiger partial charge in [-0.1, -0.05) is 18.9 Å². The van der Waals surface area contributed by atoms with Crippen molar-refractivity contribution in [3.8, 4) is 0 Å². The van der Waals surface area contributed by atoms with Gasteiger partial charge in [-0.25, -0.2) is 0 Å². The molecule has 5 nitrogen and oxygen atoms in total. The van der Waals surface area contributed by atoms with Gasteiger partial charge >= 0.3 is 0 Å². The molecule has 2 aliphatic heterocycles. The van der Waals surface area contributed by atoms with Crippen LogP contribution in [0.25, 0.3) is 0 Å². The molecule has 1 saturated carbocycles. The summed E-state index contributed by atoms with van der Waals surface area (Å²) < 4.78 is 0. The Labute approximate surface area is 162 Å². The number of rotatable bonds is 3. The fraction of sp³-hybridized carbons (Fsp3) is 0.682. The van der Waals surface area contributed by atoms with E-state index in [0.717, 1.165) is 70.3 Å². The van der Waals surface area contributed by atoms with Crippen LogP contribution in [0.5, 0.6) is 0 Å². The minimum Gasteiger partial charge on any atom is -0.342 e. The number of hydrogen-bond donors (Lipinski definition) is 0. The minimum atomic E-state index is 0.0574. The molecule has 0 bridgehead atoms. The number of carbonyl (C=O) groups excluding carboxylic acids is 2. The lowest BCUT2D eigenvalue weighted by atomic mass is 9.91. The van der Waals surface area contributed by atoms with Gasteiger partial charge in [-0.15, -0.1) is 0 Å². The van der Waals surface area contributed by atoms with Crippen molar-refractivity contribution in [3.63, 3.8) is 0 Å². The van der Waals surface area contributed by atoms with E-state index in [1.165, 1.54) is 12.8 Å². The molecule has 2 saturated heterocycles. The third-order valence-corrected chi connectivity index (χ3v) is 6.68. The summed E-state index contributed by atoms with van der Waals surface area (Å²) in [6, 6.07) is 6.09. The maximum absolute atomic E-state index is 13.3. The van der Waals surface area contributed by atoms with Crippen molar-refractivity contribution in [1.29, 1.82) is 0 Å². The van der Waals surface area contributed by atoms with Crippen molar-refractivity contribution in [3.05, 3.63) is 30.1 Å². The smallest absolute Gasteiger partial charge is 0.226 e. The number of amides is 2. The molecule has 0 N–H and O–H groups in total. The van der Waals surface area contributed by atoms with Crippen LogP contribution < -0.4 is 0 Å². The zero-order valence-corrected chi connectivity index (χ0v) is 16.2. The molecule has 146 valence electrons. The number of carbonyl (C=O) groups is 2. The highest BCUT2D eigenvalue weighted by Crippen LogP contribution is 2.33. The Hall–Kier alpha value is -1.91. The Kier molecular flexibility index (Phi) is 5.74. The fourth-order valence-corrected chi connectivity index (χ4v) is 5.09. The second kappa shape index (κ2) is 8.41. The molecule has 5 heteroatoms. The predicted octanol–water partition coefficient (Wildman–Crippen LogP) is 3.56. The van der Waals surface area contributed by atoms with Gasteiger partial charge in [-0.2, -0.15) is 0 Å². The molecule has 27 heavy (non-hydrogen) atoms. The van der Waals surface area contributed by atoms with Gasteiger partial charge in [-0.05, 0) is 57.1 Å². The van der Waals surface area contributed by atoms with E-state index in [2.05, 4.69) is 9.88 Å². The monoisotopic (exact) mass is 369 g/mol. The van der Waals surface area contributed by atoms with Crippen LogP contribution in [-0.2, 0) is 9.59 Å². The number of aromatic nitrogens is 1. The van der Waals surface area contributed by atoms with E-state index in [0.29, 0.717) is 5.91 Å². The molecule has 3 fully saturated rings. The summed E-state index contributed by atoms with van der Waals surface area (Å²) in [7, 11) is 0. The Morgan fingerprint density at radius 3 is 2.22 bits per heavy atom. The molecule has 0 unspecified atom stereocenters. The molecular formula is C22H31N3O2. The van der Waals surface area contributed by atoms with Crippen LogP contribution in [0.4, 0.5) is 0 Å². The van der Waals surface area contributed by atoms with Gasteiger partial charge in [0, 0.05) is 37.7 Å². The normalized spacial score (nSPS) is 25.0.